The van der Waals surface area contributed by atoms with Crippen molar-refractivity contribution in [2.45, 2.75) is 33.3 Å². The molecule has 2 aromatic rings. The number of esters is 1. The van der Waals surface area contributed by atoms with Gasteiger partial charge in [0.2, 0.25) is 0 Å². The lowest BCUT2D eigenvalue weighted by atomic mass is 10.1. The molecule has 5 nitrogen and oxygen atoms in total. The normalized spacial score (nSPS) is 12.6. The number of rotatable bonds is 9. The molecule has 0 N–H and O–H groups in total. The van der Waals surface area contributed by atoms with Crippen molar-refractivity contribution in [3.8, 4) is 0 Å². The number of ether oxygens (including phenoxy) is 1. The molecule has 2 rings (SSSR count). The van der Waals surface area contributed by atoms with E-state index in [1.165, 1.54) is 0 Å². The predicted molar refractivity (Wildman–Crippen MR) is 102 cm³/mol. The highest BCUT2D eigenvalue weighted by Gasteiger charge is 2.26. The van der Waals surface area contributed by atoms with Crippen molar-refractivity contribution in [3.05, 3.63) is 65.7 Å². The molecule has 0 saturated carbocycles. The van der Waals surface area contributed by atoms with E-state index in [1.54, 1.807) is 38.1 Å². The van der Waals surface area contributed by atoms with Crippen molar-refractivity contribution in [1.29, 1.82) is 0 Å². The molecule has 2 aromatic carbocycles. The molecule has 0 aliphatic rings. The first kappa shape index (κ1) is 20.4. The van der Waals surface area contributed by atoms with E-state index in [-0.39, 0.29) is 19.3 Å². The van der Waals surface area contributed by atoms with E-state index < -0.39 is 13.6 Å². The standard InChI is InChI=1S/C20H25O5P/c1-4-23-26(22,24-5-2)19-13-11-18(12-14-19)20(21)25-16(3)15-17-9-7-6-8-10-17/h6-14,16H,4-5,15H2,1-3H3. The summed E-state index contributed by atoms with van der Waals surface area (Å²) in [6.07, 6.45) is 0.400. The summed E-state index contributed by atoms with van der Waals surface area (Å²) in [5.41, 5.74) is 1.51. The van der Waals surface area contributed by atoms with E-state index in [1.807, 2.05) is 37.3 Å². The van der Waals surface area contributed by atoms with Crippen LogP contribution in [0.1, 0.15) is 36.7 Å². The number of hydrogen-bond acceptors (Lipinski definition) is 5. The van der Waals surface area contributed by atoms with Crippen molar-refractivity contribution in [2.75, 3.05) is 13.2 Å². The number of carbonyl (C=O) groups excluding carboxylic acids is 1. The highest BCUT2D eigenvalue weighted by molar-refractivity contribution is 7.62. The fourth-order valence-corrected chi connectivity index (χ4v) is 4.11. The third kappa shape index (κ3) is 5.53. The fourth-order valence-electron chi connectivity index (χ4n) is 2.54. The number of hydrogen-bond donors (Lipinski definition) is 0. The van der Waals surface area contributed by atoms with Gasteiger partial charge in [-0.25, -0.2) is 4.79 Å². The minimum atomic E-state index is -3.35. The minimum Gasteiger partial charge on any atom is -0.459 e. The van der Waals surface area contributed by atoms with Gasteiger partial charge in [0.1, 0.15) is 6.10 Å². The van der Waals surface area contributed by atoms with Crippen LogP contribution in [0, 0.1) is 0 Å². The quantitative estimate of drug-likeness (QED) is 0.480. The first-order valence-corrected chi connectivity index (χ1v) is 10.3. The van der Waals surface area contributed by atoms with Crippen LogP contribution >= 0.6 is 7.60 Å². The molecule has 0 spiro atoms. The molecule has 6 heteroatoms. The van der Waals surface area contributed by atoms with Crippen LogP contribution in [0.5, 0.6) is 0 Å². The van der Waals surface area contributed by atoms with Gasteiger partial charge < -0.3 is 13.8 Å². The lowest BCUT2D eigenvalue weighted by Crippen LogP contribution is -2.18. The van der Waals surface area contributed by atoms with Gasteiger partial charge in [-0.05, 0) is 50.6 Å². The van der Waals surface area contributed by atoms with E-state index in [0.29, 0.717) is 17.3 Å². The second kappa shape index (κ2) is 9.67. The average Bonchev–Trinajstić information content (AvgIpc) is 2.63. The minimum absolute atomic E-state index is 0.248. The second-order valence-corrected chi connectivity index (χ2v) is 7.81. The maximum atomic E-state index is 12.7. The van der Waals surface area contributed by atoms with Crippen LogP contribution in [0.2, 0.25) is 0 Å². The molecule has 140 valence electrons. The molecule has 0 fully saturated rings. The monoisotopic (exact) mass is 376 g/mol. The van der Waals surface area contributed by atoms with E-state index in [9.17, 15) is 9.36 Å². The first-order valence-electron chi connectivity index (χ1n) is 8.73. The lowest BCUT2D eigenvalue weighted by Gasteiger charge is -2.17. The largest absolute Gasteiger partial charge is 0.459 e. The summed E-state index contributed by atoms with van der Waals surface area (Å²) in [5, 5.41) is 0.426. The highest BCUT2D eigenvalue weighted by atomic mass is 31.2. The van der Waals surface area contributed by atoms with Gasteiger partial charge in [0, 0.05) is 6.42 Å². The van der Waals surface area contributed by atoms with E-state index >= 15 is 0 Å². The van der Waals surface area contributed by atoms with Crippen LogP contribution in [0.25, 0.3) is 0 Å². The maximum Gasteiger partial charge on any atom is 0.361 e. The Morgan fingerprint density at radius 3 is 2.08 bits per heavy atom. The van der Waals surface area contributed by atoms with Crippen molar-refractivity contribution >= 4 is 18.9 Å². The van der Waals surface area contributed by atoms with Crippen LogP contribution in [0.15, 0.2) is 54.6 Å². The molecule has 0 saturated heterocycles. The summed E-state index contributed by atoms with van der Waals surface area (Å²) in [6.45, 7) is 5.92. The molecule has 0 radical (unpaired) electrons. The van der Waals surface area contributed by atoms with E-state index in [4.69, 9.17) is 13.8 Å². The van der Waals surface area contributed by atoms with E-state index in [2.05, 4.69) is 0 Å². The van der Waals surface area contributed by atoms with Gasteiger partial charge in [-0.2, -0.15) is 0 Å². The van der Waals surface area contributed by atoms with Gasteiger partial charge in [-0.1, -0.05) is 30.3 Å². The topological polar surface area (TPSA) is 61.8 Å². The average molecular weight is 376 g/mol. The fraction of sp³-hybridized carbons (Fsp3) is 0.350. The van der Waals surface area contributed by atoms with Gasteiger partial charge in [0.05, 0.1) is 24.1 Å². The Balaban J connectivity index is 2.02. The summed E-state index contributed by atoms with van der Waals surface area (Å²) >= 11 is 0. The zero-order chi connectivity index (χ0) is 19.0. The molecule has 0 aliphatic heterocycles. The molecule has 26 heavy (non-hydrogen) atoms. The molecule has 0 bridgehead atoms. The predicted octanol–water partition coefficient (Wildman–Crippen LogP) is 4.37. The third-order valence-electron chi connectivity index (χ3n) is 3.69. The van der Waals surface area contributed by atoms with Crippen LogP contribution in [0.4, 0.5) is 0 Å². The zero-order valence-electron chi connectivity index (χ0n) is 15.4. The first-order chi connectivity index (χ1) is 12.5. The Hall–Kier alpha value is -1.94. The van der Waals surface area contributed by atoms with Crippen molar-refractivity contribution < 1.29 is 23.1 Å². The third-order valence-corrected chi connectivity index (χ3v) is 5.82. The van der Waals surface area contributed by atoms with Crippen LogP contribution in [0.3, 0.4) is 0 Å². The molecule has 0 aromatic heterocycles. The SMILES string of the molecule is CCOP(=O)(OCC)c1ccc(C(=O)OC(C)Cc2ccccc2)cc1. The number of benzene rings is 2. The summed E-state index contributed by atoms with van der Waals surface area (Å²) in [5.74, 6) is -0.414. The van der Waals surface area contributed by atoms with Gasteiger partial charge in [-0.15, -0.1) is 0 Å². The molecular formula is C20H25O5P. The number of carbonyl (C=O) groups is 1. The summed E-state index contributed by atoms with van der Waals surface area (Å²) in [7, 11) is -3.35. The van der Waals surface area contributed by atoms with Gasteiger partial charge >= 0.3 is 13.6 Å². The smallest absolute Gasteiger partial charge is 0.361 e. The summed E-state index contributed by atoms with van der Waals surface area (Å²) in [4.78, 5) is 12.3. The molecule has 0 aliphatic carbocycles. The second-order valence-electron chi connectivity index (χ2n) is 5.79. The Kier molecular flexibility index (Phi) is 7.58. The van der Waals surface area contributed by atoms with E-state index in [0.717, 1.165) is 5.56 Å². The van der Waals surface area contributed by atoms with Crippen molar-refractivity contribution in [3.63, 3.8) is 0 Å². The maximum absolute atomic E-state index is 12.7. The Bertz CT molecular complexity index is 733. The van der Waals surface area contributed by atoms with Crippen LogP contribution in [-0.2, 0) is 24.8 Å². The molecule has 0 amide bonds. The van der Waals surface area contributed by atoms with Gasteiger partial charge in [0.25, 0.3) is 0 Å². The molecular weight excluding hydrogens is 351 g/mol. The lowest BCUT2D eigenvalue weighted by molar-refractivity contribution is 0.0343. The summed E-state index contributed by atoms with van der Waals surface area (Å²) in [6, 6.07) is 16.2. The van der Waals surface area contributed by atoms with Gasteiger partial charge in [-0.3, -0.25) is 4.57 Å². The van der Waals surface area contributed by atoms with Crippen LogP contribution < -0.4 is 5.30 Å². The summed E-state index contributed by atoms with van der Waals surface area (Å²) < 4.78 is 28.8. The molecule has 1 atom stereocenters. The Morgan fingerprint density at radius 1 is 0.962 bits per heavy atom. The molecule has 1 unspecified atom stereocenters. The van der Waals surface area contributed by atoms with Crippen molar-refractivity contribution in [2.24, 2.45) is 0 Å². The molecule has 0 heterocycles. The Labute approximate surface area is 154 Å². The zero-order valence-corrected chi connectivity index (χ0v) is 16.3. The van der Waals surface area contributed by atoms with Crippen LogP contribution in [-0.4, -0.2) is 25.3 Å². The highest BCUT2D eigenvalue weighted by Crippen LogP contribution is 2.46. The van der Waals surface area contributed by atoms with Gasteiger partial charge in [0.15, 0.2) is 0 Å². The Morgan fingerprint density at radius 2 is 1.54 bits per heavy atom. The van der Waals surface area contributed by atoms with Crippen molar-refractivity contribution in [1.82, 2.24) is 0 Å².